The zero-order valence-corrected chi connectivity index (χ0v) is 18.6. The van der Waals surface area contributed by atoms with Gasteiger partial charge >= 0.3 is 0 Å². The molecular formula is C24H23N3O4S. The maximum absolute atomic E-state index is 12.6. The summed E-state index contributed by atoms with van der Waals surface area (Å²) >= 11 is 0.816. The zero-order chi connectivity index (χ0) is 23.1. The molecule has 1 aliphatic heterocycles. The molecular weight excluding hydrogens is 426 g/mol. The van der Waals surface area contributed by atoms with Gasteiger partial charge in [0.15, 0.2) is 0 Å². The van der Waals surface area contributed by atoms with Crippen LogP contribution < -0.4 is 10.1 Å². The van der Waals surface area contributed by atoms with Crippen molar-refractivity contribution in [2.24, 2.45) is 5.92 Å². The van der Waals surface area contributed by atoms with Crippen LogP contribution in [0.15, 0.2) is 53.4 Å². The number of ether oxygens (including phenoxy) is 1. The van der Waals surface area contributed by atoms with Crippen LogP contribution in [0.3, 0.4) is 0 Å². The lowest BCUT2D eigenvalue weighted by atomic mass is 10.1. The van der Waals surface area contributed by atoms with E-state index >= 15 is 0 Å². The van der Waals surface area contributed by atoms with Crippen LogP contribution >= 0.6 is 11.8 Å². The number of nitrogens with one attached hydrogen (secondary N) is 1. The standard InChI is InChI=1S/C24H23N3O4S/c1-16(2)13-26-22(28)14-27-23(29)21(32-24(27)30)11-17-7-9-20(10-8-17)31-15-19-6-4-3-5-18(19)12-25/h3-11,16H,13-15H2,1-2H3,(H,26,28)/b21-11-. The van der Waals surface area contributed by atoms with Gasteiger partial charge in [-0.15, -0.1) is 0 Å². The van der Waals surface area contributed by atoms with Gasteiger partial charge in [0.25, 0.3) is 11.1 Å². The van der Waals surface area contributed by atoms with Crippen molar-refractivity contribution >= 4 is 34.9 Å². The Morgan fingerprint density at radius 2 is 1.91 bits per heavy atom. The minimum absolute atomic E-state index is 0.265. The van der Waals surface area contributed by atoms with Gasteiger partial charge in [-0.3, -0.25) is 19.3 Å². The Hall–Kier alpha value is -3.57. The molecule has 0 aliphatic carbocycles. The molecule has 3 rings (SSSR count). The number of thioether (sulfide) groups is 1. The molecule has 0 unspecified atom stereocenters. The van der Waals surface area contributed by atoms with Crippen molar-refractivity contribution in [3.63, 3.8) is 0 Å². The molecule has 7 nitrogen and oxygen atoms in total. The monoisotopic (exact) mass is 449 g/mol. The van der Waals surface area contributed by atoms with Gasteiger partial charge in [-0.2, -0.15) is 5.26 Å². The smallest absolute Gasteiger partial charge is 0.294 e. The van der Waals surface area contributed by atoms with E-state index in [1.54, 1.807) is 42.5 Å². The van der Waals surface area contributed by atoms with Crippen molar-refractivity contribution in [1.82, 2.24) is 10.2 Å². The maximum Gasteiger partial charge on any atom is 0.294 e. The van der Waals surface area contributed by atoms with E-state index in [1.807, 2.05) is 26.0 Å². The fraction of sp³-hybridized carbons (Fsp3) is 0.250. The first kappa shape index (κ1) is 23.1. The largest absolute Gasteiger partial charge is 0.489 e. The first-order valence-corrected chi connectivity index (χ1v) is 10.9. The maximum atomic E-state index is 12.6. The lowest BCUT2D eigenvalue weighted by Crippen LogP contribution is -2.40. The van der Waals surface area contributed by atoms with Gasteiger partial charge in [-0.1, -0.05) is 44.2 Å². The summed E-state index contributed by atoms with van der Waals surface area (Å²) in [5.74, 6) is 0.0569. The minimum atomic E-state index is -0.479. The number of carbonyl (C=O) groups excluding carboxylic acids is 3. The number of hydrogen-bond donors (Lipinski definition) is 1. The van der Waals surface area contributed by atoms with E-state index in [2.05, 4.69) is 11.4 Å². The average molecular weight is 450 g/mol. The molecule has 2 aromatic carbocycles. The number of rotatable bonds is 8. The van der Waals surface area contributed by atoms with Gasteiger partial charge in [0.05, 0.1) is 16.5 Å². The summed E-state index contributed by atoms with van der Waals surface area (Å²) in [7, 11) is 0. The van der Waals surface area contributed by atoms with Crippen LogP contribution in [0.25, 0.3) is 6.08 Å². The number of amides is 3. The van der Waals surface area contributed by atoms with Crippen LogP contribution in [-0.4, -0.2) is 35.0 Å². The van der Waals surface area contributed by atoms with E-state index in [9.17, 15) is 14.4 Å². The van der Waals surface area contributed by atoms with Crippen LogP contribution in [0, 0.1) is 17.2 Å². The SMILES string of the molecule is CC(C)CNC(=O)CN1C(=O)S/C(=C\c2ccc(OCc3ccccc3C#N)cc2)C1=O. The Morgan fingerprint density at radius 1 is 1.19 bits per heavy atom. The third kappa shape index (κ3) is 5.99. The average Bonchev–Trinajstić information content (AvgIpc) is 3.04. The Morgan fingerprint density at radius 3 is 2.59 bits per heavy atom. The molecule has 0 bridgehead atoms. The van der Waals surface area contributed by atoms with Crippen LogP contribution in [0.5, 0.6) is 5.75 Å². The van der Waals surface area contributed by atoms with E-state index in [1.165, 1.54) is 0 Å². The lowest BCUT2D eigenvalue weighted by molar-refractivity contribution is -0.129. The van der Waals surface area contributed by atoms with Crippen LogP contribution in [-0.2, 0) is 16.2 Å². The predicted octanol–water partition coefficient (Wildman–Crippen LogP) is 3.95. The molecule has 0 saturated carbocycles. The van der Waals surface area contributed by atoms with E-state index in [4.69, 9.17) is 10.00 Å². The van der Waals surface area contributed by atoms with Crippen LogP contribution in [0.4, 0.5) is 4.79 Å². The molecule has 8 heteroatoms. The Balaban J connectivity index is 1.61. The molecule has 1 saturated heterocycles. The molecule has 164 valence electrons. The first-order chi connectivity index (χ1) is 15.4. The molecule has 32 heavy (non-hydrogen) atoms. The normalized spacial score (nSPS) is 14.7. The fourth-order valence-electron chi connectivity index (χ4n) is 2.88. The second-order valence-electron chi connectivity index (χ2n) is 7.59. The molecule has 1 N–H and O–H groups in total. The second kappa shape index (κ2) is 10.6. The summed E-state index contributed by atoms with van der Waals surface area (Å²) in [5.41, 5.74) is 2.09. The van der Waals surface area contributed by atoms with Crippen LogP contribution in [0.1, 0.15) is 30.5 Å². The third-order valence-electron chi connectivity index (χ3n) is 4.59. The highest BCUT2D eigenvalue weighted by Gasteiger charge is 2.36. The second-order valence-corrected chi connectivity index (χ2v) is 8.59. The third-order valence-corrected chi connectivity index (χ3v) is 5.50. The molecule has 1 fully saturated rings. The Bertz CT molecular complexity index is 1090. The molecule has 1 heterocycles. The van der Waals surface area contributed by atoms with Gasteiger partial charge in [-0.05, 0) is 47.5 Å². The quantitative estimate of drug-likeness (QED) is 0.613. The number of benzene rings is 2. The van der Waals surface area contributed by atoms with Crippen molar-refractivity contribution < 1.29 is 19.1 Å². The molecule has 2 aromatic rings. The molecule has 0 radical (unpaired) electrons. The molecule has 0 atom stereocenters. The highest BCUT2D eigenvalue weighted by atomic mass is 32.2. The van der Waals surface area contributed by atoms with E-state index in [-0.39, 0.29) is 29.9 Å². The summed E-state index contributed by atoms with van der Waals surface area (Å²) in [5, 5.41) is 11.4. The van der Waals surface area contributed by atoms with Crippen molar-refractivity contribution in [3.05, 3.63) is 70.1 Å². The van der Waals surface area contributed by atoms with E-state index in [0.29, 0.717) is 17.9 Å². The summed E-state index contributed by atoms with van der Waals surface area (Å²) < 4.78 is 5.75. The van der Waals surface area contributed by atoms with Gasteiger partial charge in [0, 0.05) is 12.1 Å². The van der Waals surface area contributed by atoms with Crippen molar-refractivity contribution in [2.75, 3.05) is 13.1 Å². The predicted molar refractivity (Wildman–Crippen MR) is 122 cm³/mol. The molecule has 0 aromatic heterocycles. The van der Waals surface area contributed by atoms with Crippen LogP contribution in [0.2, 0.25) is 0 Å². The minimum Gasteiger partial charge on any atom is -0.489 e. The number of imide groups is 1. The molecule has 0 spiro atoms. The number of nitrogens with zero attached hydrogens (tertiary/aromatic N) is 2. The van der Waals surface area contributed by atoms with Gasteiger partial charge in [0.1, 0.15) is 18.9 Å². The van der Waals surface area contributed by atoms with Gasteiger partial charge in [-0.25, -0.2) is 0 Å². The number of carbonyl (C=O) groups is 3. The summed E-state index contributed by atoms with van der Waals surface area (Å²) in [6.07, 6.45) is 1.62. The Kier molecular flexibility index (Phi) is 7.68. The lowest BCUT2D eigenvalue weighted by Gasteiger charge is -2.13. The molecule has 1 aliphatic rings. The summed E-state index contributed by atoms with van der Waals surface area (Å²) in [4.78, 5) is 38.0. The van der Waals surface area contributed by atoms with Gasteiger partial charge < -0.3 is 10.1 Å². The highest BCUT2D eigenvalue weighted by Crippen LogP contribution is 2.32. The first-order valence-electron chi connectivity index (χ1n) is 10.1. The van der Waals surface area contributed by atoms with Crippen molar-refractivity contribution in [3.8, 4) is 11.8 Å². The Labute approximate surface area is 191 Å². The van der Waals surface area contributed by atoms with E-state index < -0.39 is 11.1 Å². The van der Waals surface area contributed by atoms with Crippen molar-refractivity contribution in [1.29, 1.82) is 5.26 Å². The topological polar surface area (TPSA) is 99.5 Å². The highest BCUT2D eigenvalue weighted by molar-refractivity contribution is 8.18. The summed E-state index contributed by atoms with van der Waals surface area (Å²) in [6, 6.07) is 16.4. The molecule has 3 amide bonds. The zero-order valence-electron chi connectivity index (χ0n) is 17.8. The fourth-order valence-corrected chi connectivity index (χ4v) is 3.72. The number of nitriles is 1. The van der Waals surface area contributed by atoms with Crippen molar-refractivity contribution in [2.45, 2.75) is 20.5 Å². The van der Waals surface area contributed by atoms with Gasteiger partial charge in [0.2, 0.25) is 5.91 Å². The van der Waals surface area contributed by atoms with E-state index in [0.717, 1.165) is 27.8 Å². The number of hydrogen-bond acceptors (Lipinski definition) is 6. The summed E-state index contributed by atoms with van der Waals surface area (Å²) in [6.45, 7) is 4.39.